The van der Waals surface area contributed by atoms with E-state index in [-0.39, 0.29) is 5.56 Å². The Hall–Kier alpha value is -2.11. The minimum Gasteiger partial charge on any atom is -0.505 e. The van der Waals surface area contributed by atoms with Gasteiger partial charge in [-0.2, -0.15) is 0 Å². The monoisotopic (exact) mass is 242 g/mol. The van der Waals surface area contributed by atoms with Crippen LogP contribution in [0.1, 0.15) is 5.56 Å². The van der Waals surface area contributed by atoms with Crippen LogP contribution >= 0.6 is 0 Å². The van der Waals surface area contributed by atoms with E-state index in [9.17, 15) is 18.7 Å². The molecule has 0 atom stereocenters. The Morgan fingerprint density at radius 1 is 1.24 bits per heavy atom. The molecule has 0 heterocycles. The summed E-state index contributed by atoms with van der Waals surface area (Å²) in [6, 6.07) is 2.42. The summed E-state index contributed by atoms with van der Waals surface area (Å²) in [7, 11) is 2.88. The van der Waals surface area contributed by atoms with Crippen LogP contribution in [-0.2, 0) is 4.79 Å². The van der Waals surface area contributed by atoms with Crippen molar-refractivity contribution >= 4 is 11.7 Å². The summed E-state index contributed by atoms with van der Waals surface area (Å²) in [4.78, 5) is 12.6. The molecule has 1 aromatic carbocycles. The van der Waals surface area contributed by atoms with Gasteiger partial charge < -0.3 is 15.7 Å². The average molecular weight is 242 g/mol. The van der Waals surface area contributed by atoms with E-state index in [4.69, 9.17) is 5.73 Å². The van der Waals surface area contributed by atoms with Gasteiger partial charge in [-0.05, 0) is 12.1 Å². The van der Waals surface area contributed by atoms with E-state index in [1.54, 1.807) is 0 Å². The maximum absolute atomic E-state index is 12.9. The van der Waals surface area contributed by atoms with Crippen molar-refractivity contribution in [1.82, 2.24) is 4.90 Å². The summed E-state index contributed by atoms with van der Waals surface area (Å²) in [5.74, 6) is -3.03. The van der Waals surface area contributed by atoms with Gasteiger partial charge in [-0.3, -0.25) is 4.79 Å². The van der Waals surface area contributed by atoms with Crippen LogP contribution in [0.5, 0.6) is 0 Å². The molecule has 0 aliphatic carbocycles. The van der Waals surface area contributed by atoms with Crippen molar-refractivity contribution < 1.29 is 18.7 Å². The second-order valence-electron chi connectivity index (χ2n) is 3.62. The number of benzene rings is 1. The number of halogens is 2. The highest BCUT2D eigenvalue weighted by molar-refractivity contribution is 5.98. The molecule has 0 fully saturated rings. The minimum atomic E-state index is -0.864. The number of aliphatic hydroxyl groups is 1. The number of aliphatic hydroxyl groups excluding tert-OH is 1. The molecule has 1 aromatic rings. The van der Waals surface area contributed by atoms with Crippen LogP contribution in [0.2, 0.25) is 0 Å². The largest absolute Gasteiger partial charge is 0.505 e. The van der Waals surface area contributed by atoms with Crippen LogP contribution in [-0.4, -0.2) is 30.0 Å². The third-order valence-electron chi connectivity index (χ3n) is 2.03. The summed E-state index contributed by atoms with van der Waals surface area (Å²) in [5.41, 5.74) is 4.73. The Balaban J connectivity index is 3.23. The summed E-state index contributed by atoms with van der Waals surface area (Å²) >= 11 is 0. The van der Waals surface area contributed by atoms with Crippen LogP contribution in [0.25, 0.3) is 5.76 Å². The predicted octanol–water partition coefficient (Wildman–Crippen LogP) is 1.24. The number of likely N-dealkylation sites (N-methyl/N-ethyl adjacent to an activating group) is 1. The van der Waals surface area contributed by atoms with E-state index in [0.29, 0.717) is 6.07 Å². The lowest BCUT2D eigenvalue weighted by molar-refractivity contribution is -0.124. The van der Waals surface area contributed by atoms with Crippen LogP contribution < -0.4 is 5.73 Å². The number of rotatable bonds is 2. The van der Waals surface area contributed by atoms with Gasteiger partial charge >= 0.3 is 0 Å². The number of nitrogens with zero attached hydrogens (tertiary/aromatic N) is 1. The number of carbonyl (C=O) groups excluding carboxylic acids is 1. The zero-order valence-corrected chi connectivity index (χ0v) is 9.37. The molecular formula is C11H12F2N2O2. The van der Waals surface area contributed by atoms with E-state index in [1.807, 2.05) is 0 Å². The molecule has 0 saturated heterocycles. The Bertz CT molecular complexity index is 464. The zero-order chi connectivity index (χ0) is 13.2. The molecule has 0 spiro atoms. The topological polar surface area (TPSA) is 66.6 Å². The van der Waals surface area contributed by atoms with Gasteiger partial charge in [0.05, 0.1) is 0 Å². The fraction of sp³-hybridized carbons (Fsp3) is 0.182. The molecule has 1 amide bonds. The number of hydrogen-bond acceptors (Lipinski definition) is 3. The minimum absolute atomic E-state index is 0.185. The third kappa shape index (κ3) is 2.93. The highest BCUT2D eigenvalue weighted by Gasteiger charge is 2.15. The van der Waals surface area contributed by atoms with E-state index >= 15 is 0 Å². The lowest BCUT2D eigenvalue weighted by atomic mass is 10.1. The van der Waals surface area contributed by atoms with Crippen molar-refractivity contribution in [2.75, 3.05) is 14.1 Å². The molecular weight excluding hydrogens is 230 g/mol. The Kier molecular flexibility index (Phi) is 3.67. The van der Waals surface area contributed by atoms with E-state index in [1.165, 1.54) is 14.1 Å². The molecule has 0 aliphatic rings. The maximum Gasteiger partial charge on any atom is 0.273 e. The molecule has 0 bridgehead atoms. The third-order valence-corrected chi connectivity index (χ3v) is 2.03. The molecule has 3 N–H and O–H groups in total. The summed E-state index contributed by atoms with van der Waals surface area (Å²) in [5, 5.41) is 9.63. The number of hydrogen-bond donors (Lipinski definition) is 2. The summed E-state index contributed by atoms with van der Waals surface area (Å²) < 4.78 is 25.8. The SMILES string of the molecule is CN(C)C(=O)/C(N)=C(/O)c1cc(F)cc(F)c1. The lowest BCUT2D eigenvalue weighted by Crippen LogP contribution is -2.28. The quantitative estimate of drug-likeness (QED) is 0.605. The highest BCUT2D eigenvalue weighted by Crippen LogP contribution is 2.17. The Labute approximate surface area is 97.0 Å². The molecule has 6 heteroatoms. The van der Waals surface area contributed by atoms with Gasteiger partial charge in [0.2, 0.25) is 0 Å². The maximum atomic E-state index is 12.9. The zero-order valence-electron chi connectivity index (χ0n) is 9.37. The van der Waals surface area contributed by atoms with Gasteiger partial charge in [0.25, 0.3) is 5.91 Å². The fourth-order valence-electron chi connectivity index (χ4n) is 1.19. The van der Waals surface area contributed by atoms with Gasteiger partial charge in [-0.15, -0.1) is 0 Å². The normalized spacial score (nSPS) is 12.0. The molecule has 4 nitrogen and oxygen atoms in total. The van der Waals surface area contributed by atoms with Crippen molar-refractivity contribution in [2.45, 2.75) is 0 Å². The summed E-state index contributed by atoms with van der Waals surface area (Å²) in [6.45, 7) is 0. The first-order valence-corrected chi connectivity index (χ1v) is 4.69. The van der Waals surface area contributed by atoms with Crippen LogP contribution in [0.4, 0.5) is 8.78 Å². The number of carbonyl (C=O) groups is 1. The van der Waals surface area contributed by atoms with Crippen molar-refractivity contribution in [3.8, 4) is 0 Å². The number of amides is 1. The predicted molar refractivity (Wildman–Crippen MR) is 58.8 cm³/mol. The Morgan fingerprint density at radius 3 is 2.12 bits per heavy atom. The lowest BCUT2D eigenvalue weighted by Gasteiger charge is -2.12. The molecule has 0 radical (unpaired) electrons. The number of nitrogens with two attached hydrogens (primary N) is 1. The van der Waals surface area contributed by atoms with Crippen molar-refractivity contribution in [1.29, 1.82) is 0 Å². The second-order valence-corrected chi connectivity index (χ2v) is 3.62. The van der Waals surface area contributed by atoms with Crippen molar-refractivity contribution in [3.05, 3.63) is 41.1 Å². The first-order chi connectivity index (χ1) is 7.82. The Morgan fingerprint density at radius 2 is 1.71 bits per heavy atom. The first-order valence-electron chi connectivity index (χ1n) is 4.69. The van der Waals surface area contributed by atoms with Gasteiger partial charge in [0.1, 0.15) is 17.3 Å². The average Bonchev–Trinajstić information content (AvgIpc) is 2.24. The molecule has 0 aromatic heterocycles. The summed E-state index contributed by atoms with van der Waals surface area (Å²) in [6.07, 6.45) is 0. The highest BCUT2D eigenvalue weighted by atomic mass is 19.1. The van der Waals surface area contributed by atoms with Crippen LogP contribution in [0.3, 0.4) is 0 Å². The standard InChI is InChI=1S/C11H12F2N2O2/c1-15(2)11(17)9(14)10(16)6-3-7(12)5-8(13)4-6/h3-5,16H,14H2,1-2H3/b10-9-. The molecule has 0 aliphatic heterocycles. The van der Waals surface area contributed by atoms with Gasteiger partial charge in [0, 0.05) is 25.7 Å². The fourth-order valence-corrected chi connectivity index (χ4v) is 1.19. The van der Waals surface area contributed by atoms with Crippen LogP contribution in [0, 0.1) is 11.6 Å². The van der Waals surface area contributed by atoms with E-state index < -0.39 is 29.0 Å². The smallest absolute Gasteiger partial charge is 0.273 e. The van der Waals surface area contributed by atoms with E-state index in [0.717, 1.165) is 17.0 Å². The molecule has 0 saturated carbocycles. The van der Waals surface area contributed by atoms with Gasteiger partial charge in [-0.25, -0.2) is 8.78 Å². The molecule has 17 heavy (non-hydrogen) atoms. The second kappa shape index (κ2) is 4.82. The van der Waals surface area contributed by atoms with E-state index in [2.05, 4.69) is 0 Å². The van der Waals surface area contributed by atoms with Gasteiger partial charge in [0.15, 0.2) is 5.76 Å². The van der Waals surface area contributed by atoms with Gasteiger partial charge in [-0.1, -0.05) is 0 Å². The van der Waals surface area contributed by atoms with Crippen LogP contribution in [0.15, 0.2) is 23.9 Å². The molecule has 92 valence electrons. The first kappa shape index (κ1) is 13.0. The van der Waals surface area contributed by atoms with Crippen molar-refractivity contribution in [3.63, 3.8) is 0 Å². The van der Waals surface area contributed by atoms with Crippen molar-refractivity contribution in [2.24, 2.45) is 5.73 Å². The molecule has 1 rings (SSSR count). The molecule has 0 unspecified atom stereocenters.